The van der Waals surface area contributed by atoms with Gasteiger partial charge in [-0.2, -0.15) is 0 Å². The number of ether oxygens (including phenoxy) is 4. The number of nitro groups is 1. The quantitative estimate of drug-likeness (QED) is 0.0389. The van der Waals surface area contributed by atoms with Crippen LogP contribution in [0.2, 0.25) is 0 Å². The monoisotopic (exact) mass is 1310 g/mol. The number of nitro benzene ring substituents is 1. The van der Waals surface area contributed by atoms with Gasteiger partial charge in [-0.1, -0.05) is 133 Å². The minimum absolute atomic E-state index is 0.0661. The summed E-state index contributed by atoms with van der Waals surface area (Å²) in [7, 11) is 2.34. The molecule has 2 heterocycles. The Morgan fingerprint density at radius 1 is 0.542 bits per heavy atom. The normalized spacial score (nSPS) is 13.9. The van der Waals surface area contributed by atoms with E-state index in [1.165, 1.54) is 24.3 Å². The van der Waals surface area contributed by atoms with Gasteiger partial charge in [0, 0.05) is 54.3 Å². The van der Waals surface area contributed by atoms with Crippen molar-refractivity contribution >= 4 is 102 Å². The number of hydrogen-bond acceptors (Lipinski definition) is 13. The summed E-state index contributed by atoms with van der Waals surface area (Å²) in [5.74, 6) is 0.654. The van der Waals surface area contributed by atoms with Crippen LogP contribution in [0.5, 0.6) is 11.5 Å². The average Bonchev–Trinajstić information content (AvgIpc) is 3.70. The number of rotatable bonds is 17. The van der Waals surface area contributed by atoms with Gasteiger partial charge in [0.05, 0.1) is 39.4 Å². The summed E-state index contributed by atoms with van der Waals surface area (Å²) in [6, 6.07) is 53.4. The molecule has 0 aliphatic carbocycles. The molecule has 0 bridgehead atoms. The van der Waals surface area contributed by atoms with E-state index in [0.717, 1.165) is 47.6 Å². The van der Waals surface area contributed by atoms with Crippen molar-refractivity contribution in [3.63, 3.8) is 0 Å². The van der Waals surface area contributed by atoms with Crippen LogP contribution >= 0.6 is 17.8 Å². The number of anilines is 1. The number of benzene rings is 8. The van der Waals surface area contributed by atoms with Crippen LogP contribution in [-0.4, -0.2) is 102 Å². The fourth-order valence-electron chi connectivity index (χ4n) is 9.85. The van der Waals surface area contributed by atoms with E-state index in [0.29, 0.717) is 77.8 Å². The third-order valence-electron chi connectivity index (χ3n) is 14.3. The Morgan fingerprint density at radius 3 is 1.37 bits per heavy atom. The zero-order valence-electron chi connectivity index (χ0n) is 45.3. The Balaban J connectivity index is 0.000000207. The molecule has 2 fully saturated rings. The van der Waals surface area contributed by atoms with Crippen molar-refractivity contribution in [3.8, 4) is 11.5 Å². The molecule has 0 spiro atoms. The van der Waals surface area contributed by atoms with E-state index < -0.39 is 49.2 Å². The Labute approximate surface area is 501 Å². The molecule has 2 aliphatic heterocycles. The van der Waals surface area contributed by atoms with Crippen LogP contribution in [0.4, 0.5) is 21.0 Å². The molecule has 432 valence electrons. The second-order valence-electron chi connectivity index (χ2n) is 20.0. The van der Waals surface area contributed by atoms with Crippen molar-refractivity contribution in [2.45, 2.75) is 60.2 Å². The molecule has 0 aromatic heterocycles. The Hall–Kier alpha value is -7.10. The van der Waals surface area contributed by atoms with Crippen LogP contribution in [0.15, 0.2) is 192 Å². The van der Waals surface area contributed by atoms with Gasteiger partial charge in [0.1, 0.15) is 24.7 Å². The summed E-state index contributed by atoms with van der Waals surface area (Å²) < 4.78 is 76.4. The minimum atomic E-state index is -3.89. The van der Waals surface area contributed by atoms with Crippen LogP contribution < -0.4 is 15.2 Å². The first kappa shape index (κ1) is 62.0. The molecular weight excluding hydrogens is 1250 g/mol. The zero-order valence-corrected chi connectivity index (χ0v) is 51.3. The summed E-state index contributed by atoms with van der Waals surface area (Å²) >= 11 is -0.826. The molecule has 10 rings (SSSR count). The predicted molar refractivity (Wildman–Crippen MR) is 324 cm³/mol. The van der Waals surface area contributed by atoms with Crippen LogP contribution in [0.3, 0.4) is 0 Å². The second kappa shape index (κ2) is 29.9. The summed E-state index contributed by atoms with van der Waals surface area (Å²) in [5, 5.41) is 14.6. The van der Waals surface area contributed by atoms with Gasteiger partial charge in [-0.05, 0) is 107 Å². The molecule has 2 radical (unpaired) electrons. The first-order valence-corrected chi connectivity index (χ1v) is 37.3. The average molecular weight is 1310 g/mol. The van der Waals surface area contributed by atoms with E-state index in [1.54, 1.807) is 58.3 Å². The van der Waals surface area contributed by atoms with E-state index in [1.807, 2.05) is 109 Å². The van der Waals surface area contributed by atoms with Crippen molar-refractivity contribution in [2.24, 2.45) is 11.8 Å². The number of piperidine rings is 2. The third kappa shape index (κ3) is 17.5. The molecule has 2 amide bonds. The van der Waals surface area contributed by atoms with E-state index in [-0.39, 0.29) is 59.1 Å². The number of carbonyl (C=O) groups is 2. The van der Waals surface area contributed by atoms with Crippen molar-refractivity contribution in [1.82, 2.24) is 9.80 Å². The van der Waals surface area contributed by atoms with Gasteiger partial charge >= 0.3 is 48.9 Å². The number of nitrogens with two attached hydrogens (primary N) is 1. The molecule has 83 heavy (non-hydrogen) atoms. The Kier molecular flexibility index (Phi) is 22.3. The molecule has 2 N–H and O–H groups in total. The number of nitrogens with zero attached hydrogens (tertiary/aromatic N) is 3. The van der Waals surface area contributed by atoms with Crippen LogP contribution in [0, 0.1) is 22.0 Å². The first-order valence-electron chi connectivity index (χ1n) is 26.8. The van der Waals surface area contributed by atoms with E-state index in [2.05, 4.69) is 0 Å². The number of carbonyl (C=O) groups excluding carboxylic acids is 2. The van der Waals surface area contributed by atoms with E-state index in [4.69, 9.17) is 42.5 Å². The van der Waals surface area contributed by atoms with Crippen LogP contribution in [-0.2, 0) is 53.9 Å². The van der Waals surface area contributed by atoms with E-state index in [9.17, 15) is 36.5 Å². The molecule has 0 unspecified atom stereocenters. The molecule has 2 aliphatic rings. The first-order chi connectivity index (χ1) is 40.1. The molecule has 2 saturated heterocycles. The summed E-state index contributed by atoms with van der Waals surface area (Å²) in [6.45, 7) is 3.61. The number of nitrogen functional groups attached to an aromatic ring is 1. The van der Waals surface area contributed by atoms with Gasteiger partial charge in [-0.15, -0.1) is 0 Å². The Morgan fingerprint density at radius 2 is 0.928 bits per heavy atom. The topological polar surface area (TPSA) is 215 Å². The SMILES string of the molecule is Nc1ccc(OCC2CCN(C(=O)OCc3ccccc3)CC2)cc1CS(=O)(=O)c1cccc2ccccc12.O=C(OCc1ccccc1)N1CCC(COc2ccc([N+](=O)[O-])c(CS(=O)(=O)c3cccc4ccccc34)c2)CC1.[Cl][Sn][Cl]. The summed E-state index contributed by atoms with van der Waals surface area (Å²) in [6.07, 6.45) is 2.40. The number of fused-ring (bicyclic) bond motifs is 2. The van der Waals surface area contributed by atoms with Gasteiger partial charge in [0.15, 0.2) is 19.7 Å². The molecule has 8 aromatic carbocycles. The number of halogens is 2. The zero-order chi connectivity index (χ0) is 58.8. The third-order valence-corrected chi connectivity index (χ3v) is 17.8. The number of sulfone groups is 2. The van der Waals surface area contributed by atoms with Gasteiger partial charge in [-0.3, -0.25) is 10.1 Å². The van der Waals surface area contributed by atoms with Crippen molar-refractivity contribution in [3.05, 3.63) is 214 Å². The number of likely N-dealkylation sites (tertiary alicyclic amines) is 2. The molecule has 8 aromatic rings. The standard InChI is InChI=1S/C31H30N2O7S.C31H32N2O5S.2ClH.Sn/c34-31(40-21-23-7-2-1-3-8-23)32-17-15-24(16-18-32)20-39-27-13-14-29(33(35)36)26(19-27)22-41(37,38)30-12-6-10-25-9-4-5-11-28(25)30;32-29-14-13-27(19-26(29)22-39(35,36)30-12-6-10-25-9-4-5-11-28(25)30)37-20-24-15-17-33(18-16-24)31(34)38-21-23-7-2-1-3-8-23;;;/h1-14,19,24H,15-18,20-22H2;1-14,19,24H,15-18,20-22,32H2;2*1H;/q;;;;+2/p-2. The van der Waals surface area contributed by atoms with Crippen molar-refractivity contribution < 1.29 is 50.3 Å². The van der Waals surface area contributed by atoms with Crippen molar-refractivity contribution in [1.29, 1.82) is 0 Å². The molecule has 0 saturated carbocycles. The van der Waals surface area contributed by atoms with E-state index >= 15 is 0 Å². The van der Waals surface area contributed by atoms with Crippen molar-refractivity contribution in [2.75, 3.05) is 45.1 Å². The second-order valence-corrected chi connectivity index (χ2v) is 28.2. The molecule has 0 atom stereocenters. The molecular formula is C62H62Cl2N4O12S2Sn. The number of hydrogen-bond donors (Lipinski definition) is 1. The van der Waals surface area contributed by atoms with Gasteiger partial charge < -0.3 is 34.5 Å². The Bertz CT molecular complexity index is 3710. The molecule has 21 heteroatoms. The predicted octanol–water partition coefficient (Wildman–Crippen LogP) is 13.0. The van der Waals surface area contributed by atoms with Gasteiger partial charge in [0.2, 0.25) is 0 Å². The van der Waals surface area contributed by atoms with Gasteiger partial charge in [-0.25, -0.2) is 26.4 Å². The number of amides is 2. The summed E-state index contributed by atoms with van der Waals surface area (Å²) in [5.41, 5.74) is 8.76. The van der Waals surface area contributed by atoms with Crippen LogP contribution in [0.1, 0.15) is 47.9 Å². The fourth-order valence-corrected chi connectivity index (χ4v) is 13.1. The maximum absolute atomic E-state index is 13.4. The van der Waals surface area contributed by atoms with Crippen LogP contribution in [0.25, 0.3) is 21.5 Å². The molecule has 16 nitrogen and oxygen atoms in total. The maximum atomic E-state index is 13.4. The fraction of sp³-hybridized carbons (Fsp3) is 0.258. The summed E-state index contributed by atoms with van der Waals surface area (Å²) in [4.78, 5) is 39.8. The van der Waals surface area contributed by atoms with Gasteiger partial charge in [0.25, 0.3) is 5.69 Å².